The van der Waals surface area contributed by atoms with Crippen LogP contribution in [0.2, 0.25) is 0 Å². The van der Waals surface area contributed by atoms with Gasteiger partial charge < -0.3 is 15.7 Å². The Hall–Kier alpha value is -2.56. The molecule has 1 amide bonds. The van der Waals surface area contributed by atoms with E-state index in [4.69, 9.17) is 0 Å². The van der Waals surface area contributed by atoms with Crippen molar-refractivity contribution in [2.24, 2.45) is 0 Å². The van der Waals surface area contributed by atoms with Crippen LogP contribution in [0.25, 0.3) is 0 Å². The first-order chi connectivity index (χ1) is 9.63. The van der Waals surface area contributed by atoms with Crippen molar-refractivity contribution in [3.8, 4) is 5.75 Å². The fourth-order valence-corrected chi connectivity index (χ4v) is 2.29. The molecule has 4 nitrogen and oxygen atoms in total. The Kier molecular flexibility index (Phi) is 3.02. The summed E-state index contributed by atoms with van der Waals surface area (Å²) in [6.45, 7) is 0. The number of rotatable bonds is 2. The Balaban J connectivity index is 1.73. The SMILES string of the molecule is O=C(Nc1ccccc1O)C1Cc2cc(F)ccc2N1. The molecule has 0 bridgehead atoms. The lowest BCUT2D eigenvalue weighted by Crippen LogP contribution is -2.32. The Morgan fingerprint density at radius 2 is 2.10 bits per heavy atom. The molecule has 0 aromatic heterocycles. The molecule has 1 aliphatic rings. The predicted octanol–water partition coefficient (Wildman–Crippen LogP) is 2.51. The third-order valence-electron chi connectivity index (χ3n) is 3.30. The highest BCUT2D eigenvalue weighted by Crippen LogP contribution is 2.28. The minimum absolute atomic E-state index is 0.0161. The zero-order valence-corrected chi connectivity index (χ0v) is 10.6. The van der Waals surface area contributed by atoms with Crippen molar-refractivity contribution in [3.63, 3.8) is 0 Å². The van der Waals surface area contributed by atoms with Crippen LogP contribution in [0, 0.1) is 5.82 Å². The number of para-hydroxylation sites is 2. The average Bonchev–Trinajstić information content (AvgIpc) is 2.84. The van der Waals surface area contributed by atoms with Gasteiger partial charge in [-0.15, -0.1) is 0 Å². The van der Waals surface area contributed by atoms with Crippen LogP contribution in [0.5, 0.6) is 5.75 Å². The summed E-state index contributed by atoms with van der Waals surface area (Å²) in [6.07, 6.45) is 0.423. The van der Waals surface area contributed by atoms with Gasteiger partial charge in [0.1, 0.15) is 17.6 Å². The molecule has 0 radical (unpaired) electrons. The summed E-state index contributed by atoms with van der Waals surface area (Å²) in [4.78, 5) is 12.1. The number of amides is 1. The summed E-state index contributed by atoms with van der Waals surface area (Å²) < 4.78 is 13.1. The van der Waals surface area contributed by atoms with Crippen LogP contribution in [-0.4, -0.2) is 17.1 Å². The van der Waals surface area contributed by atoms with Crippen LogP contribution in [0.1, 0.15) is 5.56 Å². The van der Waals surface area contributed by atoms with Gasteiger partial charge in [0.05, 0.1) is 5.69 Å². The van der Waals surface area contributed by atoms with Crippen LogP contribution < -0.4 is 10.6 Å². The van der Waals surface area contributed by atoms with Crippen LogP contribution in [0.15, 0.2) is 42.5 Å². The van der Waals surface area contributed by atoms with Crippen LogP contribution >= 0.6 is 0 Å². The highest BCUT2D eigenvalue weighted by Gasteiger charge is 2.27. The quantitative estimate of drug-likeness (QED) is 0.736. The molecule has 0 fully saturated rings. The Morgan fingerprint density at radius 3 is 2.90 bits per heavy atom. The summed E-state index contributed by atoms with van der Waals surface area (Å²) in [7, 11) is 0. The van der Waals surface area contributed by atoms with Gasteiger partial charge in [0.25, 0.3) is 0 Å². The number of anilines is 2. The second-order valence-electron chi connectivity index (χ2n) is 4.71. The van der Waals surface area contributed by atoms with Crippen molar-refractivity contribution in [2.45, 2.75) is 12.5 Å². The first kappa shape index (κ1) is 12.5. The highest BCUT2D eigenvalue weighted by atomic mass is 19.1. The monoisotopic (exact) mass is 272 g/mol. The van der Waals surface area contributed by atoms with Gasteiger partial charge in [0, 0.05) is 12.1 Å². The van der Waals surface area contributed by atoms with E-state index in [1.54, 1.807) is 24.3 Å². The maximum Gasteiger partial charge on any atom is 0.247 e. The van der Waals surface area contributed by atoms with Crippen LogP contribution in [0.4, 0.5) is 15.8 Å². The maximum absolute atomic E-state index is 13.1. The molecule has 0 saturated carbocycles. The topological polar surface area (TPSA) is 61.4 Å². The summed E-state index contributed by atoms with van der Waals surface area (Å²) in [5, 5.41) is 15.3. The Morgan fingerprint density at radius 1 is 1.30 bits per heavy atom. The number of carbonyl (C=O) groups excluding carboxylic acids is 1. The molecule has 102 valence electrons. The van der Waals surface area contributed by atoms with Crippen LogP contribution in [0.3, 0.4) is 0 Å². The molecule has 1 unspecified atom stereocenters. The van der Waals surface area contributed by atoms with E-state index in [0.717, 1.165) is 11.3 Å². The second kappa shape index (κ2) is 4.85. The maximum atomic E-state index is 13.1. The van der Waals surface area contributed by atoms with Crippen LogP contribution in [-0.2, 0) is 11.2 Å². The lowest BCUT2D eigenvalue weighted by molar-refractivity contribution is -0.116. The van der Waals surface area contributed by atoms with Gasteiger partial charge in [-0.1, -0.05) is 12.1 Å². The number of benzene rings is 2. The zero-order chi connectivity index (χ0) is 14.1. The fraction of sp³-hybridized carbons (Fsp3) is 0.133. The largest absolute Gasteiger partial charge is 0.506 e. The molecule has 3 rings (SSSR count). The average molecular weight is 272 g/mol. The van der Waals surface area contributed by atoms with E-state index in [-0.39, 0.29) is 17.5 Å². The van der Waals surface area contributed by atoms with Crippen molar-refractivity contribution in [2.75, 3.05) is 10.6 Å². The molecule has 0 aliphatic carbocycles. The summed E-state index contributed by atoms with van der Waals surface area (Å²) in [5.74, 6) is -0.558. The number of hydrogen-bond donors (Lipinski definition) is 3. The number of carbonyl (C=O) groups is 1. The molecule has 3 N–H and O–H groups in total. The molecule has 2 aromatic rings. The predicted molar refractivity (Wildman–Crippen MR) is 74.3 cm³/mol. The van der Waals surface area contributed by atoms with E-state index in [1.165, 1.54) is 18.2 Å². The number of nitrogens with one attached hydrogen (secondary N) is 2. The van der Waals surface area contributed by atoms with E-state index < -0.39 is 6.04 Å². The van der Waals surface area contributed by atoms with Gasteiger partial charge in [-0.2, -0.15) is 0 Å². The van der Waals surface area contributed by atoms with Gasteiger partial charge in [-0.05, 0) is 35.9 Å². The van der Waals surface area contributed by atoms with E-state index in [0.29, 0.717) is 12.1 Å². The van der Waals surface area contributed by atoms with Crippen molar-refractivity contribution in [3.05, 3.63) is 53.8 Å². The van der Waals surface area contributed by atoms with Gasteiger partial charge in [0.15, 0.2) is 0 Å². The standard InChI is InChI=1S/C15H13FN2O2/c16-10-5-6-11-9(7-10)8-13(17-11)15(20)18-12-3-1-2-4-14(12)19/h1-7,13,17,19H,8H2,(H,18,20). The number of aromatic hydroxyl groups is 1. The molecule has 1 atom stereocenters. The number of phenols is 1. The zero-order valence-electron chi connectivity index (χ0n) is 10.6. The number of halogens is 1. The van der Waals surface area contributed by atoms with Gasteiger partial charge in [0.2, 0.25) is 5.91 Å². The smallest absolute Gasteiger partial charge is 0.247 e. The van der Waals surface area contributed by atoms with E-state index in [2.05, 4.69) is 10.6 Å². The van der Waals surface area contributed by atoms with Crippen molar-refractivity contribution < 1.29 is 14.3 Å². The molecule has 1 heterocycles. The summed E-state index contributed by atoms with van der Waals surface area (Å²) >= 11 is 0. The minimum Gasteiger partial charge on any atom is -0.506 e. The van der Waals surface area contributed by atoms with E-state index in [1.807, 2.05) is 0 Å². The first-order valence-corrected chi connectivity index (χ1v) is 6.27. The Labute approximate surface area is 115 Å². The third kappa shape index (κ3) is 2.30. The molecule has 0 spiro atoms. The Bertz CT molecular complexity index is 673. The van der Waals surface area contributed by atoms with Crippen molar-refractivity contribution in [1.29, 1.82) is 0 Å². The van der Waals surface area contributed by atoms with Gasteiger partial charge >= 0.3 is 0 Å². The van der Waals surface area contributed by atoms with Gasteiger partial charge in [-0.3, -0.25) is 4.79 Å². The second-order valence-corrected chi connectivity index (χ2v) is 4.71. The highest BCUT2D eigenvalue weighted by molar-refractivity contribution is 5.98. The molecular formula is C15H13FN2O2. The molecule has 20 heavy (non-hydrogen) atoms. The molecule has 5 heteroatoms. The number of phenolic OH excluding ortho intramolecular Hbond substituents is 1. The lowest BCUT2D eigenvalue weighted by Gasteiger charge is -2.12. The normalized spacial score (nSPS) is 16.4. The van der Waals surface area contributed by atoms with Crippen molar-refractivity contribution in [1.82, 2.24) is 0 Å². The molecule has 0 saturated heterocycles. The lowest BCUT2D eigenvalue weighted by atomic mass is 10.1. The molecular weight excluding hydrogens is 259 g/mol. The van der Waals surface area contributed by atoms with Gasteiger partial charge in [-0.25, -0.2) is 4.39 Å². The van der Waals surface area contributed by atoms with E-state index >= 15 is 0 Å². The van der Waals surface area contributed by atoms with E-state index in [9.17, 15) is 14.3 Å². The molecule has 1 aliphatic heterocycles. The fourth-order valence-electron chi connectivity index (χ4n) is 2.29. The minimum atomic E-state index is -0.466. The van der Waals surface area contributed by atoms with Crippen molar-refractivity contribution >= 4 is 17.3 Å². The third-order valence-corrected chi connectivity index (χ3v) is 3.30. The number of fused-ring (bicyclic) bond motifs is 1. The molecule has 2 aromatic carbocycles. The summed E-state index contributed by atoms with van der Waals surface area (Å²) in [6, 6.07) is 10.5. The first-order valence-electron chi connectivity index (χ1n) is 6.27. The summed E-state index contributed by atoms with van der Waals surface area (Å²) in [5.41, 5.74) is 1.91. The number of hydrogen-bond acceptors (Lipinski definition) is 3.